The second-order valence-corrected chi connectivity index (χ2v) is 9.95. The number of carbonyl (C=O) groups is 5. The number of Topliss-reactive ketones (excluding diaryl/α,β-unsaturated/α-hetero) is 1. The average Bonchev–Trinajstić information content (AvgIpc) is 3.28. The third-order valence-corrected chi connectivity index (χ3v) is 7.28. The number of allylic oxidation sites excluding steroid dienone is 2. The van der Waals surface area contributed by atoms with Gasteiger partial charge in [0, 0.05) is 35.4 Å². The van der Waals surface area contributed by atoms with Crippen molar-refractivity contribution < 1.29 is 38.6 Å². The lowest BCUT2D eigenvalue weighted by molar-refractivity contribution is -0.385. The van der Waals surface area contributed by atoms with E-state index in [4.69, 9.17) is 4.74 Å². The van der Waals surface area contributed by atoms with Crippen molar-refractivity contribution in [2.24, 2.45) is 11.8 Å². The minimum absolute atomic E-state index is 0.0604. The van der Waals surface area contributed by atoms with E-state index in [0.29, 0.717) is 17.9 Å². The number of amides is 3. The van der Waals surface area contributed by atoms with E-state index in [2.05, 4.69) is 0 Å². The largest absolute Gasteiger partial charge is 0.423 e. The minimum atomic E-state index is -0.879. The molecule has 14 nitrogen and oxygen atoms in total. The van der Waals surface area contributed by atoms with Gasteiger partial charge in [0.1, 0.15) is 12.3 Å². The Balaban J connectivity index is 1.35. The van der Waals surface area contributed by atoms with Gasteiger partial charge in [-0.1, -0.05) is 12.2 Å². The number of rotatable bonds is 9. The highest BCUT2D eigenvalue weighted by molar-refractivity contribution is 6.09. The van der Waals surface area contributed by atoms with Crippen molar-refractivity contribution in [2.45, 2.75) is 12.8 Å². The third kappa shape index (κ3) is 5.81. The van der Waals surface area contributed by atoms with Crippen molar-refractivity contribution in [2.75, 3.05) is 6.54 Å². The zero-order chi connectivity index (χ0) is 31.5. The van der Waals surface area contributed by atoms with E-state index in [0.717, 1.165) is 29.3 Å². The van der Waals surface area contributed by atoms with Gasteiger partial charge in [-0.05, 0) is 61.4 Å². The van der Waals surface area contributed by atoms with E-state index in [-0.39, 0.29) is 33.8 Å². The Morgan fingerprint density at radius 1 is 0.727 bits per heavy atom. The number of ether oxygens (including phenoxy) is 1. The summed E-state index contributed by atoms with van der Waals surface area (Å²) in [6, 6.07) is 14.6. The number of nitro groups is 2. The van der Waals surface area contributed by atoms with Crippen LogP contribution in [0, 0.1) is 32.1 Å². The maximum Gasteiger partial charge on any atom is 0.343 e. The lowest BCUT2D eigenvalue weighted by Gasteiger charge is -2.30. The number of hydrogen-bond acceptors (Lipinski definition) is 10. The number of hydrazine groups is 1. The fraction of sp³-hybridized carbons (Fsp3) is 0.167. The first-order valence-electron chi connectivity index (χ1n) is 13.2. The summed E-state index contributed by atoms with van der Waals surface area (Å²) >= 11 is 0. The van der Waals surface area contributed by atoms with Crippen LogP contribution in [0.3, 0.4) is 0 Å². The molecule has 14 heteroatoms. The Labute approximate surface area is 248 Å². The Hall–Kier alpha value is -6.05. The number of nitro benzene ring substituents is 2. The number of ketones is 1. The number of non-ortho nitro benzene ring substituents is 2. The zero-order valence-corrected chi connectivity index (χ0v) is 22.7. The zero-order valence-electron chi connectivity index (χ0n) is 22.7. The number of benzene rings is 3. The van der Waals surface area contributed by atoms with Gasteiger partial charge in [0.15, 0.2) is 5.78 Å². The van der Waals surface area contributed by atoms with Crippen molar-refractivity contribution in [1.29, 1.82) is 0 Å². The van der Waals surface area contributed by atoms with Gasteiger partial charge in [-0.25, -0.2) is 9.80 Å². The third-order valence-electron chi connectivity index (χ3n) is 7.28. The highest BCUT2D eigenvalue weighted by atomic mass is 16.6. The molecule has 0 aromatic heterocycles. The van der Waals surface area contributed by atoms with Crippen molar-refractivity contribution >= 4 is 40.8 Å². The molecule has 0 unspecified atom stereocenters. The van der Waals surface area contributed by atoms with Crippen LogP contribution in [0.5, 0.6) is 5.75 Å². The first-order valence-corrected chi connectivity index (χ1v) is 13.2. The van der Waals surface area contributed by atoms with Crippen LogP contribution in [0.4, 0.5) is 11.4 Å². The summed E-state index contributed by atoms with van der Waals surface area (Å²) in [7, 11) is 0. The Morgan fingerprint density at radius 3 is 1.66 bits per heavy atom. The predicted octanol–water partition coefficient (Wildman–Crippen LogP) is 3.91. The van der Waals surface area contributed by atoms with Crippen molar-refractivity contribution in [1.82, 2.24) is 10.0 Å². The molecule has 0 N–H and O–H groups in total. The van der Waals surface area contributed by atoms with Crippen LogP contribution in [0.15, 0.2) is 84.9 Å². The SMILES string of the molecule is O=C(CN(C(=O)c1ccc([N+](=O)[O-])cc1)N1C(=O)[C@@H]2CC=CC[C@H]2C1=O)c1ccc(OC(=O)c2ccc([N+](=O)[O-])cc2)cc1. The molecule has 1 aliphatic heterocycles. The lowest BCUT2D eigenvalue weighted by atomic mass is 9.85. The van der Waals surface area contributed by atoms with Crippen molar-refractivity contribution in [3.8, 4) is 5.75 Å². The fourth-order valence-corrected chi connectivity index (χ4v) is 4.95. The quantitative estimate of drug-likeness (QED) is 0.0664. The summed E-state index contributed by atoms with van der Waals surface area (Å²) in [4.78, 5) is 86.6. The second-order valence-electron chi connectivity index (χ2n) is 9.95. The summed E-state index contributed by atoms with van der Waals surface area (Å²) in [5.74, 6) is -4.87. The van der Waals surface area contributed by atoms with Gasteiger partial charge in [-0.2, -0.15) is 5.01 Å². The van der Waals surface area contributed by atoms with Crippen LogP contribution in [-0.4, -0.2) is 55.9 Å². The van der Waals surface area contributed by atoms with E-state index in [1.807, 2.05) is 0 Å². The number of hydrogen-bond donors (Lipinski definition) is 0. The normalized spacial score (nSPS) is 17.1. The van der Waals surface area contributed by atoms with Gasteiger partial charge in [0.25, 0.3) is 29.1 Å². The van der Waals surface area contributed by atoms with Crippen LogP contribution in [-0.2, 0) is 9.59 Å². The van der Waals surface area contributed by atoms with E-state index in [1.165, 1.54) is 48.5 Å². The molecule has 44 heavy (non-hydrogen) atoms. The standard InChI is InChI=1S/C30H22N4O10/c35-26(18-9-15-23(16-10-18)44-30(39)20-7-13-22(14-8-20)34(42)43)17-31(27(36)19-5-11-21(12-6-19)33(40)41)32-28(37)24-3-1-2-4-25(24)29(32)38/h1-2,5-16,24-25H,3-4,17H2/t24-,25-/m1/s1. The van der Waals surface area contributed by atoms with Gasteiger partial charge in [-0.15, -0.1) is 0 Å². The molecule has 3 amide bonds. The van der Waals surface area contributed by atoms with E-state index >= 15 is 0 Å². The van der Waals surface area contributed by atoms with E-state index < -0.39 is 57.7 Å². The van der Waals surface area contributed by atoms with Gasteiger partial charge in [0.2, 0.25) is 0 Å². The topological polar surface area (TPSA) is 187 Å². The predicted molar refractivity (Wildman–Crippen MR) is 150 cm³/mol. The summed E-state index contributed by atoms with van der Waals surface area (Å²) in [6.45, 7) is -0.706. The molecule has 1 saturated heterocycles. The summed E-state index contributed by atoms with van der Waals surface area (Å²) in [5, 5.41) is 23.3. The molecule has 3 aromatic carbocycles. The Morgan fingerprint density at radius 2 is 1.18 bits per heavy atom. The first kappa shape index (κ1) is 29.4. The van der Waals surface area contributed by atoms with E-state index in [9.17, 15) is 44.2 Å². The highest BCUT2D eigenvalue weighted by Gasteiger charge is 2.51. The van der Waals surface area contributed by atoms with Crippen LogP contribution < -0.4 is 4.74 Å². The number of nitrogens with zero attached hydrogens (tertiary/aromatic N) is 4. The number of fused-ring (bicyclic) bond motifs is 1. The second kappa shape index (κ2) is 12.1. The van der Waals surface area contributed by atoms with Crippen molar-refractivity contribution in [3.63, 3.8) is 0 Å². The molecule has 0 bridgehead atoms. The van der Waals surface area contributed by atoms with Gasteiger partial charge >= 0.3 is 5.97 Å². The number of carbonyl (C=O) groups excluding carboxylic acids is 5. The summed E-state index contributed by atoms with van der Waals surface area (Å²) in [6.07, 6.45) is 4.16. The Kier molecular flexibility index (Phi) is 8.06. The van der Waals surface area contributed by atoms with Crippen LogP contribution >= 0.6 is 0 Å². The molecule has 1 heterocycles. The molecule has 0 radical (unpaired) electrons. The minimum Gasteiger partial charge on any atom is -0.423 e. The monoisotopic (exact) mass is 598 g/mol. The van der Waals surface area contributed by atoms with Crippen LogP contribution in [0.1, 0.15) is 43.9 Å². The Bertz CT molecular complexity index is 1690. The molecule has 5 rings (SSSR count). The molecule has 1 fully saturated rings. The average molecular weight is 599 g/mol. The molecule has 0 spiro atoms. The molecule has 2 atom stereocenters. The molecule has 222 valence electrons. The molecular weight excluding hydrogens is 576 g/mol. The smallest absolute Gasteiger partial charge is 0.343 e. The van der Waals surface area contributed by atoms with Gasteiger partial charge in [0.05, 0.1) is 27.2 Å². The molecule has 0 saturated carbocycles. The maximum absolute atomic E-state index is 13.6. The molecule has 3 aromatic rings. The summed E-state index contributed by atoms with van der Waals surface area (Å²) in [5.41, 5.74) is -0.417. The molecule has 1 aliphatic carbocycles. The summed E-state index contributed by atoms with van der Waals surface area (Å²) < 4.78 is 5.27. The van der Waals surface area contributed by atoms with Crippen LogP contribution in [0.2, 0.25) is 0 Å². The number of imide groups is 1. The maximum atomic E-state index is 13.6. The highest BCUT2D eigenvalue weighted by Crippen LogP contribution is 2.36. The molecule has 2 aliphatic rings. The number of esters is 1. The first-order chi connectivity index (χ1) is 21.0. The molecular formula is C30H22N4O10. The van der Waals surface area contributed by atoms with E-state index in [1.54, 1.807) is 12.2 Å². The van der Waals surface area contributed by atoms with Gasteiger partial charge in [-0.3, -0.25) is 39.4 Å². The lowest BCUT2D eigenvalue weighted by Crippen LogP contribution is -2.52. The van der Waals surface area contributed by atoms with Crippen LogP contribution in [0.25, 0.3) is 0 Å². The van der Waals surface area contributed by atoms with Crippen molar-refractivity contribution in [3.05, 3.63) is 122 Å². The van der Waals surface area contributed by atoms with Gasteiger partial charge < -0.3 is 4.74 Å². The fourth-order valence-electron chi connectivity index (χ4n) is 4.95.